The smallest absolute Gasteiger partial charge is 0.251 e. The number of carbonyl (C=O) groups is 2. The molecule has 1 heterocycles. The van der Waals surface area contributed by atoms with Crippen LogP contribution >= 0.6 is 0 Å². The molecule has 0 saturated carbocycles. The zero-order chi connectivity index (χ0) is 28.6. The molecule has 0 radical (unpaired) electrons. The molecule has 0 spiro atoms. The van der Waals surface area contributed by atoms with Crippen LogP contribution in [0.15, 0.2) is 79.0 Å². The van der Waals surface area contributed by atoms with Crippen LogP contribution in [0.1, 0.15) is 33.2 Å². The minimum atomic E-state index is -0.752. The number of nitrogens with zero attached hydrogens (tertiary/aromatic N) is 1. The number of carbonyl (C=O) groups excluding carboxylic acids is 2. The van der Waals surface area contributed by atoms with Crippen LogP contribution < -0.4 is 20.1 Å². The largest absolute Gasteiger partial charge is 0.497 e. The van der Waals surface area contributed by atoms with Crippen molar-refractivity contribution in [1.29, 1.82) is 0 Å². The van der Waals surface area contributed by atoms with Gasteiger partial charge in [0.25, 0.3) is 5.91 Å². The number of pyridine rings is 1. The van der Waals surface area contributed by atoms with E-state index in [2.05, 4.69) is 15.6 Å². The molecule has 0 fully saturated rings. The van der Waals surface area contributed by atoms with E-state index >= 15 is 0 Å². The molecule has 0 bridgehead atoms. The Morgan fingerprint density at radius 1 is 0.925 bits per heavy atom. The Labute approximate surface area is 231 Å². The molecular formula is C31H29F2N3O4. The van der Waals surface area contributed by atoms with Crippen molar-refractivity contribution in [2.24, 2.45) is 0 Å². The number of hydrogen-bond acceptors (Lipinski definition) is 5. The second-order valence-electron chi connectivity index (χ2n) is 9.05. The van der Waals surface area contributed by atoms with Crippen molar-refractivity contribution in [3.8, 4) is 22.6 Å². The average molecular weight is 546 g/mol. The minimum Gasteiger partial charge on any atom is -0.497 e. The van der Waals surface area contributed by atoms with E-state index < -0.39 is 17.7 Å². The highest BCUT2D eigenvalue weighted by Gasteiger charge is 2.23. The van der Waals surface area contributed by atoms with E-state index in [1.54, 1.807) is 55.7 Å². The van der Waals surface area contributed by atoms with Gasteiger partial charge in [-0.25, -0.2) is 8.78 Å². The lowest BCUT2D eigenvalue weighted by molar-refractivity contribution is -0.121. The van der Waals surface area contributed by atoms with E-state index in [1.807, 2.05) is 12.1 Å². The predicted octanol–water partition coefficient (Wildman–Crippen LogP) is 5.05. The number of ether oxygens (including phenoxy) is 2. The van der Waals surface area contributed by atoms with Gasteiger partial charge in [-0.15, -0.1) is 0 Å². The molecule has 0 aliphatic rings. The molecule has 7 nitrogen and oxygen atoms in total. The Kier molecular flexibility index (Phi) is 9.06. The van der Waals surface area contributed by atoms with E-state index in [9.17, 15) is 18.4 Å². The molecule has 9 heteroatoms. The Bertz CT molecular complexity index is 1510. The second kappa shape index (κ2) is 12.8. The Hall–Kier alpha value is -4.79. The molecule has 0 aliphatic heterocycles. The quantitative estimate of drug-likeness (QED) is 0.291. The average Bonchev–Trinajstić information content (AvgIpc) is 2.96. The van der Waals surface area contributed by atoms with Crippen LogP contribution in [0.5, 0.6) is 11.5 Å². The third kappa shape index (κ3) is 6.79. The fourth-order valence-corrected chi connectivity index (χ4v) is 4.51. The third-order valence-electron chi connectivity index (χ3n) is 6.37. The van der Waals surface area contributed by atoms with Crippen molar-refractivity contribution < 1.29 is 27.8 Å². The third-order valence-corrected chi connectivity index (χ3v) is 6.37. The zero-order valence-corrected chi connectivity index (χ0v) is 22.3. The summed E-state index contributed by atoms with van der Waals surface area (Å²) in [6.45, 7) is 0. The van der Waals surface area contributed by atoms with Gasteiger partial charge in [0.2, 0.25) is 5.91 Å². The molecule has 2 amide bonds. The van der Waals surface area contributed by atoms with Gasteiger partial charge in [0.1, 0.15) is 23.1 Å². The highest BCUT2D eigenvalue weighted by Crippen LogP contribution is 2.30. The van der Waals surface area contributed by atoms with Crippen molar-refractivity contribution in [2.45, 2.75) is 18.9 Å². The summed E-state index contributed by atoms with van der Waals surface area (Å²) in [6, 6.07) is 18.2. The van der Waals surface area contributed by atoms with Gasteiger partial charge in [-0.2, -0.15) is 0 Å². The number of aromatic nitrogens is 1. The number of halogens is 2. The first-order chi connectivity index (χ1) is 19.3. The molecule has 3 aromatic carbocycles. The van der Waals surface area contributed by atoms with Crippen molar-refractivity contribution >= 4 is 11.8 Å². The van der Waals surface area contributed by atoms with Crippen LogP contribution in [-0.4, -0.2) is 38.1 Å². The molecule has 4 rings (SSSR count). The van der Waals surface area contributed by atoms with Gasteiger partial charge in [-0.05, 0) is 53.9 Å². The minimum absolute atomic E-state index is 0.0184. The topological polar surface area (TPSA) is 89.6 Å². The lowest BCUT2D eigenvalue weighted by atomic mass is 9.94. The number of methoxy groups -OCH3 is 2. The first-order valence-electron chi connectivity index (χ1n) is 12.5. The lowest BCUT2D eigenvalue weighted by Crippen LogP contribution is -2.32. The number of benzene rings is 3. The normalized spacial score (nSPS) is 11.4. The highest BCUT2D eigenvalue weighted by atomic mass is 19.1. The predicted molar refractivity (Wildman–Crippen MR) is 147 cm³/mol. The van der Waals surface area contributed by atoms with Crippen LogP contribution in [0, 0.1) is 11.6 Å². The zero-order valence-electron chi connectivity index (χ0n) is 22.3. The van der Waals surface area contributed by atoms with Gasteiger partial charge in [-0.3, -0.25) is 14.6 Å². The molecular weight excluding hydrogens is 516 g/mol. The van der Waals surface area contributed by atoms with Gasteiger partial charge in [0.05, 0.1) is 32.4 Å². The summed E-state index contributed by atoms with van der Waals surface area (Å²) in [5.74, 6) is -0.959. The number of hydrogen-bond donors (Lipinski definition) is 2. The van der Waals surface area contributed by atoms with Crippen LogP contribution in [-0.2, 0) is 17.6 Å². The van der Waals surface area contributed by atoms with Gasteiger partial charge in [-0.1, -0.05) is 24.3 Å². The molecule has 206 valence electrons. The first-order valence-corrected chi connectivity index (χ1v) is 12.5. The van der Waals surface area contributed by atoms with Gasteiger partial charge >= 0.3 is 0 Å². The number of rotatable bonds is 10. The first kappa shape index (κ1) is 28.2. The Morgan fingerprint density at radius 2 is 1.70 bits per heavy atom. The summed E-state index contributed by atoms with van der Waals surface area (Å²) in [7, 11) is 4.59. The van der Waals surface area contributed by atoms with Crippen LogP contribution in [0.25, 0.3) is 11.1 Å². The maximum Gasteiger partial charge on any atom is 0.251 e. The standard InChI is InChI=1S/C31H29F2N3O4/c1-34-31(38)22-7-4-6-20(15-22)26-8-5-11-35-30(26)27(14-19-12-23(32)17-24(33)13-19)36-29(37)16-21-9-10-25(39-2)18-28(21)40-3/h4-13,15,17-18,27H,14,16H2,1-3H3,(H,34,38)(H,36,37)/t27-/m0/s1. The molecule has 40 heavy (non-hydrogen) atoms. The highest BCUT2D eigenvalue weighted by molar-refractivity contribution is 5.95. The SMILES string of the molecule is CNC(=O)c1cccc(-c2cccnc2[C@H](Cc2cc(F)cc(F)c2)NC(=O)Cc2ccc(OC)cc2OC)c1. The van der Waals surface area contributed by atoms with Crippen molar-refractivity contribution in [3.05, 3.63) is 113 Å². The number of amides is 2. The van der Waals surface area contributed by atoms with Crippen LogP contribution in [0.3, 0.4) is 0 Å². The second-order valence-corrected chi connectivity index (χ2v) is 9.05. The maximum atomic E-state index is 14.1. The van der Waals surface area contributed by atoms with Gasteiger partial charge in [0.15, 0.2) is 0 Å². The summed E-state index contributed by atoms with van der Waals surface area (Å²) in [5, 5.41) is 5.60. The Morgan fingerprint density at radius 3 is 2.40 bits per heavy atom. The lowest BCUT2D eigenvalue weighted by Gasteiger charge is -2.22. The van der Waals surface area contributed by atoms with Crippen LogP contribution in [0.2, 0.25) is 0 Å². The fraction of sp³-hybridized carbons (Fsp3) is 0.194. The van der Waals surface area contributed by atoms with Gasteiger partial charge < -0.3 is 20.1 Å². The summed E-state index contributed by atoms with van der Waals surface area (Å²) >= 11 is 0. The van der Waals surface area contributed by atoms with Crippen molar-refractivity contribution in [3.63, 3.8) is 0 Å². The van der Waals surface area contributed by atoms with E-state index in [0.717, 1.165) is 6.07 Å². The molecule has 4 aromatic rings. The maximum absolute atomic E-state index is 14.1. The molecule has 1 aromatic heterocycles. The van der Waals surface area contributed by atoms with E-state index in [-0.39, 0.29) is 24.7 Å². The molecule has 0 aliphatic carbocycles. The molecule has 0 saturated heterocycles. The summed E-state index contributed by atoms with van der Waals surface area (Å²) < 4.78 is 38.8. The van der Waals surface area contributed by atoms with E-state index in [1.165, 1.54) is 26.4 Å². The van der Waals surface area contributed by atoms with Crippen molar-refractivity contribution in [1.82, 2.24) is 15.6 Å². The molecule has 1 atom stereocenters. The monoisotopic (exact) mass is 545 g/mol. The molecule has 2 N–H and O–H groups in total. The van der Waals surface area contributed by atoms with E-state index in [0.29, 0.717) is 45.0 Å². The Balaban J connectivity index is 1.72. The summed E-state index contributed by atoms with van der Waals surface area (Å²) in [4.78, 5) is 30.2. The van der Waals surface area contributed by atoms with Crippen LogP contribution in [0.4, 0.5) is 8.78 Å². The molecule has 0 unspecified atom stereocenters. The van der Waals surface area contributed by atoms with Crippen molar-refractivity contribution in [2.75, 3.05) is 21.3 Å². The fourth-order valence-electron chi connectivity index (χ4n) is 4.51. The summed E-state index contributed by atoms with van der Waals surface area (Å²) in [6.07, 6.45) is 1.63. The van der Waals surface area contributed by atoms with Gasteiger partial charge in [0, 0.05) is 42.1 Å². The van der Waals surface area contributed by atoms with E-state index in [4.69, 9.17) is 9.47 Å². The number of nitrogens with one attached hydrogen (secondary N) is 2. The summed E-state index contributed by atoms with van der Waals surface area (Å²) in [5.41, 5.74) is 3.28.